The molecule has 0 radical (unpaired) electrons. The van der Waals surface area contributed by atoms with Crippen molar-refractivity contribution in [2.45, 2.75) is 19.6 Å². The summed E-state index contributed by atoms with van der Waals surface area (Å²) in [4.78, 5) is 15.4. The van der Waals surface area contributed by atoms with Gasteiger partial charge >= 0.3 is 5.69 Å². The van der Waals surface area contributed by atoms with Crippen LogP contribution in [0.2, 0.25) is 0 Å². The van der Waals surface area contributed by atoms with E-state index in [0.29, 0.717) is 5.76 Å². The normalized spacial score (nSPS) is 12.7. The Labute approximate surface area is 115 Å². The van der Waals surface area contributed by atoms with Crippen LogP contribution in [0.1, 0.15) is 17.4 Å². The Kier molecular flexibility index (Phi) is 3.12. The average Bonchev–Trinajstić information content (AvgIpc) is 2.87. The number of benzene rings is 1. The van der Waals surface area contributed by atoms with Gasteiger partial charge in [-0.3, -0.25) is 4.57 Å². The van der Waals surface area contributed by atoms with Gasteiger partial charge in [0.25, 0.3) is 0 Å². The molecule has 0 saturated heterocycles. The summed E-state index contributed by atoms with van der Waals surface area (Å²) in [7, 11) is 0. The standard InChI is InChI=1S/C15H14N2O3/c1-10-7-16-15(19)17(8-10)9-12(18)14-6-11-4-2-3-5-13(11)20-14/h2-8,12,18H,9H2,1H3. The Morgan fingerprint density at radius 3 is 3.00 bits per heavy atom. The number of aliphatic hydroxyl groups excluding tert-OH is 1. The van der Waals surface area contributed by atoms with Gasteiger partial charge in [-0.05, 0) is 24.6 Å². The zero-order valence-electron chi connectivity index (χ0n) is 11.0. The third-order valence-corrected chi connectivity index (χ3v) is 3.13. The summed E-state index contributed by atoms with van der Waals surface area (Å²) in [6.07, 6.45) is 2.29. The van der Waals surface area contributed by atoms with Crippen LogP contribution in [0.15, 0.2) is 51.9 Å². The minimum absolute atomic E-state index is 0.118. The molecule has 1 N–H and O–H groups in total. The van der Waals surface area contributed by atoms with Gasteiger partial charge in [0.05, 0.1) is 6.54 Å². The van der Waals surface area contributed by atoms with E-state index in [9.17, 15) is 9.90 Å². The van der Waals surface area contributed by atoms with E-state index in [2.05, 4.69) is 4.98 Å². The van der Waals surface area contributed by atoms with E-state index in [0.717, 1.165) is 16.5 Å². The van der Waals surface area contributed by atoms with Crippen LogP contribution in [-0.4, -0.2) is 14.7 Å². The van der Waals surface area contributed by atoms with Crippen molar-refractivity contribution < 1.29 is 9.52 Å². The van der Waals surface area contributed by atoms with Crippen molar-refractivity contribution in [2.75, 3.05) is 0 Å². The van der Waals surface area contributed by atoms with Gasteiger partial charge in [-0.1, -0.05) is 18.2 Å². The molecule has 0 aliphatic carbocycles. The first kappa shape index (κ1) is 12.6. The Bertz CT molecular complexity index is 771. The Morgan fingerprint density at radius 1 is 1.40 bits per heavy atom. The number of rotatable bonds is 3. The zero-order chi connectivity index (χ0) is 14.1. The summed E-state index contributed by atoms with van der Waals surface area (Å²) < 4.78 is 6.97. The lowest BCUT2D eigenvalue weighted by atomic mass is 10.2. The van der Waals surface area contributed by atoms with E-state index in [-0.39, 0.29) is 12.2 Å². The second-order valence-electron chi connectivity index (χ2n) is 4.77. The molecule has 0 saturated carbocycles. The molecule has 5 heteroatoms. The van der Waals surface area contributed by atoms with Gasteiger partial charge in [0.15, 0.2) is 0 Å². The lowest BCUT2D eigenvalue weighted by Gasteiger charge is -2.10. The first-order chi connectivity index (χ1) is 9.63. The van der Waals surface area contributed by atoms with E-state index >= 15 is 0 Å². The van der Waals surface area contributed by atoms with Gasteiger partial charge in [0.2, 0.25) is 0 Å². The highest BCUT2D eigenvalue weighted by atomic mass is 16.4. The van der Waals surface area contributed by atoms with Crippen LogP contribution in [0.5, 0.6) is 0 Å². The molecule has 2 heterocycles. The molecule has 0 spiro atoms. The lowest BCUT2D eigenvalue weighted by molar-refractivity contribution is 0.130. The molecule has 0 fully saturated rings. The second kappa shape index (κ2) is 4.94. The van der Waals surface area contributed by atoms with Crippen molar-refractivity contribution in [1.29, 1.82) is 0 Å². The molecule has 0 aliphatic rings. The Morgan fingerprint density at radius 2 is 2.20 bits per heavy atom. The largest absolute Gasteiger partial charge is 0.458 e. The summed E-state index contributed by atoms with van der Waals surface area (Å²) in [5, 5.41) is 11.1. The van der Waals surface area contributed by atoms with Crippen molar-refractivity contribution in [3.8, 4) is 0 Å². The summed E-state index contributed by atoms with van der Waals surface area (Å²) >= 11 is 0. The molecule has 1 atom stereocenters. The highest BCUT2D eigenvalue weighted by Crippen LogP contribution is 2.24. The monoisotopic (exact) mass is 270 g/mol. The minimum atomic E-state index is -0.885. The molecular weight excluding hydrogens is 256 g/mol. The first-order valence-electron chi connectivity index (χ1n) is 6.33. The fraction of sp³-hybridized carbons (Fsp3) is 0.200. The zero-order valence-corrected chi connectivity index (χ0v) is 11.0. The molecule has 0 bridgehead atoms. The fourth-order valence-electron chi connectivity index (χ4n) is 2.14. The second-order valence-corrected chi connectivity index (χ2v) is 4.77. The number of hydrogen-bond donors (Lipinski definition) is 1. The van der Waals surface area contributed by atoms with Gasteiger partial charge in [-0.15, -0.1) is 0 Å². The lowest BCUT2D eigenvalue weighted by Crippen LogP contribution is -2.25. The summed E-state index contributed by atoms with van der Waals surface area (Å²) in [5.41, 5.74) is 1.20. The number of aromatic nitrogens is 2. The van der Waals surface area contributed by atoms with E-state index in [4.69, 9.17) is 4.42 Å². The van der Waals surface area contributed by atoms with Gasteiger partial charge < -0.3 is 9.52 Å². The molecule has 5 nitrogen and oxygen atoms in total. The van der Waals surface area contributed by atoms with Crippen LogP contribution in [0.3, 0.4) is 0 Å². The third kappa shape index (κ3) is 2.35. The van der Waals surface area contributed by atoms with Crippen LogP contribution in [0, 0.1) is 6.92 Å². The quantitative estimate of drug-likeness (QED) is 0.790. The minimum Gasteiger partial charge on any atom is -0.458 e. The third-order valence-electron chi connectivity index (χ3n) is 3.13. The summed E-state index contributed by atoms with van der Waals surface area (Å²) in [5.74, 6) is 0.444. The van der Waals surface area contributed by atoms with Crippen LogP contribution < -0.4 is 5.69 Å². The van der Waals surface area contributed by atoms with E-state index in [1.54, 1.807) is 12.3 Å². The topological polar surface area (TPSA) is 68.3 Å². The fourth-order valence-corrected chi connectivity index (χ4v) is 2.14. The smallest absolute Gasteiger partial charge is 0.347 e. The average molecular weight is 270 g/mol. The first-order valence-corrected chi connectivity index (χ1v) is 6.33. The highest BCUT2D eigenvalue weighted by molar-refractivity contribution is 5.77. The number of hydrogen-bond acceptors (Lipinski definition) is 4. The van der Waals surface area contributed by atoms with Gasteiger partial charge in [0.1, 0.15) is 17.4 Å². The maximum absolute atomic E-state index is 11.6. The van der Waals surface area contributed by atoms with Crippen molar-refractivity contribution in [1.82, 2.24) is 9.55 Å². The van der Waals surface area contributed by atoms with E-state index < -0.39 is 6.10 Å². The maximum Gasteiger partial charge on any atom is 0.347 e. The predicted octanol–water partition coefficient (Wildman–Crippen LogP) is 2.03. The van der Waals surface area contributed by atoms with E-state index in [1.165, 1.54) is 10.8 Å². The molecule has 3 rings (SSSR count). The maximum atomic E-state index is 11.6. The van der Waals surface area contributed by atoms with Gasteiger partial charge in [-0.2, -0.15) is 0 Å². The number of furan rings is 1. The van der Waals surface area contributed by atoms with Crippen molar-refractivity contribution in [3.05, 3.63) is 64.5 Å². The van der Waals surface area contributed by atoms with Crippen molar-refractivity contribution in [2.24, 2.45) is 0 Å². The van der Waals surface area contributed by atoms with Crippen LogP contribution >= 0.6 is 0 Å². The Hall–Kier alpha value is -2.40. The van der Waals surface area contributed by atoms with Crippen molar-refractivity contribution in [3.63, 3.8) is 0 Å². The number of fused-ring (bicyclic) bond motifs is 1. The summed E-state index contributed by atoms with van der Waals surface area (Å²) in [6, 6.07) is 9.32. The molecule has 20 heavy (non-hydrogen) atoms. The predicted molar refractivity (Wildman–Crippen MR) is 74.4 cm³/mol. The molecule has 1 aromatic carbocycles. The number of aliphatic hydroxyl groups is 1. The van der Waals surface area contributed by atoms with Gasteiger partial charge in [0, 0.05) is 17.8 Å². The number of para-hydroxylation sites is 1. The Balaban J connectivity index is 1.90. The molecule has 2 aromatic heterocycles. The van der Waals surface area contributed by atoms with Crippen LogP contribution in [0.25, 0.3) is 11.0 Å². The molecule has 102 valence electrons. The SMILES string of the molecule is Cc1cnc(=O)n(CC(O)c2cc3ccccc3o2)c1. The number of nitrogens with zero attached hydrogens (tertiary/aromatic N) is 2. The summed E-state index contributed by atoms with van der Waals surface area (Å²) in [6.45, 7) is 1.96. The van der Waals surface area contributed by atoms with E-state index in [1.807, 2.05) is 31.2 Å². The molecule has 1 unspecified atom stereocenters. The van der Waals surface area contributed by atoms with Crippen LogP contribution in [0.4, 0.5) is 0 Å². The number of aryl methyl sites for hydroxylation is 1. The van der Waals surface area contributed by atoms with Gasteiger partial charge in [-0.25, -0.2) is 9.78 Å². The molecule has 0 aliphatic heterocycles. The molecule has 0 amide bonds. The van der Waals surface area contributed by atoms with Crippen molar-refractivity contribution >= 4 is 11.0 Å². The highest BCUT2D eigenvalue weighted by Gasteiger charge is 2.14. The molecule has 3 aromatic rings. The van der Waals surface area contributed by atoms with Crippen LogP contribution in [-0.2, 0) is 6.54 Å². The molecular formula is C15H14N2O3.